The number of carbonyl (C=O) groups excluding carboxylic acids is 1. The molecule has 0 spiro atoms. The summed E-state index contributed by atoms with van der Waals surface area (Å²) in [6, 6.07) is 9.70. The number of nitrogens with zero attached hydrogens (tertiary/aromatic N) is 1. The Labute approximate surface area is 183 Å². The second-order valence-corrected chi connectivity index (χ2v) is 8.10. The average molecular weight is 427 g/mol. The smallest absolute Gasteiger partial charge is 0.258 e. The zero-order chi connectivity index (χ0) is 22.0. The molecule has 7 nitrogen and oxygen atoms in total. The molecule has 7 heteroatoms. The predicted octanol–water partition coefficient (Wildman–Crippen LogP) is 3.63. The summed E-state index contributed by atoms with van der Waals surface area (Å²) in [5.74, 6) is 2.65. The summed E-state index contributed by atoms with van der Waals surface area (Å²) in [7, 11) is 4.59. The number of carbonyl (C=O) groups is 1. The lowest BCUT2D eigenvalue weighted by Crippen LogP contribution is -2.37. The minimum absolute atomic E-state index is 0.0619. The molecule has 2 aliphatic rings. The number of hydrogen-bond acceptors (Lipinski definition) is 6. The van der Waals surface area contributed by atoms with Gasteiger partial charge in [0.1, 0.15) is 5.75 Å². The van der Waals surface area contributed by atoms with Gasteiger partial charge in [-0.25, -0.2) is 0 Å². The molecule has 0 radical (unpaired) electrons. The number of methoxy groups -OCH3 is 3. The third-order valence-corrected chi connectivity index (χ3v) is 6.25. The third kappa shape index (κ3) is 4.02. The Hall–Kier alpha value is -2.93. The molecule has 1 amide bonds. The van der Waals surface area contributed by atoms with Gasteiger partial charge in [-0.1, -0.05) is 12.1 Å². The number of likely N-dealkylation sites (tertiary alicyclic amines) is 1. The summed E-state index contributed by atoms with van der Waals surface area (Å²) in [6.07, 6.45) is 4.15. The molecule has 2 fully saturated rings. The predicted molar refractivity (Wildman–Crippen MR) is 118 cm³/mol. The van der Waals surface area contributed by atoms with Crippen molar-refractivity contribution in [2.45, 2.75) is 31.7 Å². The van der Waals surface area contributed by atoms with Crippen LogP contribution < -0.4 is 24.7 Å². The lowest BCUT2D eigenvalue weighted by atomic mass is 10.1. The van der Waals surface area contributed by atoms with Crippen LogP contribution in [0.2, 0.25) is 0 Å². The maximum absolute atomic E-state index is 13.5. The van der Waals surface area contributed by atoms with Crippen LogP contribution >= 0.6 is 0 Å². The zero-order valence-electron chi connectivity index (χ0n) is 18.3. The lowest BCUT2D eigenvalue weighted by Gasteiger charge is -2.28. The number of piperidine rings is 1. The Balaban J connectivity index is 1.72. The highest BCUT2D eigenvalue weighted by Gasteiger charge is 2.42. The molecule has 0 aromatic heterocycles. The van der Waals surface area contributed by atoms with Crippen LogP contribution in [0, 0.1) is 5.92 Å². The molecular weight excluding hydrogens is 396 g/mol. The number of fused-ring (bicyclic) bond motifs is 2. The molecular formula is C24H30N2O5. The third-order valence-electron chi connectivity index (χ3n) is 6.25. The van der Waals surface area contributed by atoms with Gasteiger partial charge in [0.05, 0.1) is 26.9 Å². The largest absolute Gasteiger partial charge is 0.492 e. The number of hydrogen-bond donors (Lipinski definition) is 1. The molecule has 1 aliphatic heterocycles. The van der Waals surface area contributed by atoms with Crippen molar-refractivity contribution in [3.05, 3.63) is 41.5 Å². The van der Waals surface area contributed by atoms with E-state index in [9.17, 15) is 4.79 Å². The monoisotopic (exact) mass is 426 g/mol. The Morgan fingerprint density at radius 1 is 1.03 bits per heavy atom. The van der Waals surface area contributed by atoms with E-state index in [0.717, 1.165) is 31.4 Å². The SMILES string of the molecule is COc1c(Oc2ccc(CCN)cc2)cc(C(=O)N2C[C@H]3CC[C@H]2C3)c(OC)c1OC. The van der Waals surface area contributed by atoms with Crippen molar-refractivity contribution in [2.24, 2.45) is 11.7 Å². The van der Waals surface area contributed by atoms with Crippen LogP contribution in [0.4, 0.5) is 0 Å². The van der Waals surface area contributed by atoms with Gasteiger partial charge in [-0.3, -0.25) is 4.79 Å². The van der Waals surface area contributed by atoms with Gasteiger partial charge in [0.2, 0.25) is 11.5 Å². The van der Waals surface area contributed by atoms with Gasteiger partial charge in [0.15, 0.2) is 11.5 Å². The number of ether oxygens (including phenoxy) is 4. The molecule has 1 aliphatic carbocycles. The van der Waals surface area contributed by atoms with Crippen molar-refractivity contribution in [1.29, 1.82) is 0 Å². The molecule has 2 aromatic carbocycles. The molecule has 1 heterocycles. The molecule has 0 unspecified atom stereocenters. The first-order valence-electron chi connectivity index (χ1n) is 10.7. The fourth-order valence-corrected chi connectivity index (χ4v) is 4.76. The fraction of sp³-hybridized carbons (Fsp3) is 0.458. The van der Waals surface area contributed by atoms with Gasteiger partial charge in [0.25, 0.3) is 5.91 Å². The van der Waals surface area contributed by atoms with Crippen molar-refractivity contribution >= 4 is 5.91 Å². The van der Waals surface area contributed by atoms with E-state index in [4.69, 9.17) is 24.7 Å². The lowest BCUT2D eigenvalue weighted by molar-refractivity contribution is 0.0699. The highest BCUT2D eigenvalue weighted by molar-refractivity contribution is 5.99. The normalized spacial score (nSPS) is 19.4. The van der Waals surface area contributed by atoms with Crippen molar-refractivity contribution in [3.8, 4) is 28.7 Å². The molecule has 166 valence electrons. The van der Waals surface area contributed by atoms with E-state index >= 15 is 0 Å². The van der Waals surface area contributed by atoms with Gasteiger partial charge < -0.3 is 29.6 Å². The van der Waals surface area contributed by atoms with Crippen LogP contribution in [-0.4, -0.2) is 51.3 Å². The van der Waals surface area contributed by atoms with Crippen LogP contribution in [0.3, 0.4) is 0 Å². The standard InChI is InChI=1S/C24H30N2O5/c1-28-21-19(24(27)26-14-16-4-7-17(26)12-16)13-20(22(29-2)23(21)30-3)31-18-8-5-15(6-9-18)10-11-25/h5-6,8-9,13,16-17H,4,7,10-12,14,25H2,1-3H3/t16-,17-/m0/s1. The minimum Gasteiger partial charge on any atom is -0.492 e. The Morgan fingerprint density at radius 2 is 1.74 bits per heavy atom. The molecule has 2 atom stereocenters. The molecule has 1 saturated carbocycles. The van der Waals surface area contributed by atoms with Crippen LogP contribution in [-0.2, 0) is 6.42 Å². The van der Waals surface area contributed by atoms with Crippen LogP contribution in [0.15, 0.2) is 30.3 Å². The van der Waals surface area contributed by atoms with Crippen molar-refractivity contribution in [1.82, 2.24) is 4.90 Å². The average Bonchev–Trinajstić information content (AvgIpc) is 3.43. The zero-order valence-corrected chi connectivity index (χ0v) is 18.3. The summed E-state index contributed by atoms with van der Waals surface area (Å²) in [5, 5.41) is 0. The molecule has 31 heavy (non-hydrogen) atoms. The van der Waals surface area contributed by atoms with E-state index in [0.29, 0.717) is 52.8 Å². The minimum atomic E-state index is -0.0619. The highest BCUT2D eigenvalue weighted by atomic mass is 16.5. The molecule has 1 saturated heterocycles. The number of rotatable bonds is 8. The van der Waals surface area contributed by atoms with Gasteiger partial charge in [-0.05, 0) is 55.8 Å². The number of benzene rings is 2. The van der Waals surface area contributed by atoms with Crippen LogP contribution in [0.25, 0.3) is 0 Å². The summed E-state index contributed by atoms with van der Waals surface area (Å²) in [4.78, 5) is 15.4. The van der Waals surface area contributed by atoms with Crippen LogP contribution in [0.5, 0.6) is 28.7 Å². The molecule has 2 aromatic rings. The Morgan fingerprint density at radius 3 is 2.29 bits per heavy atom. The first kappa shape index (κ1) is 21.3. The first-order chi connectivity index (χ1) is 15.1. The van der Waals surface area contributed by atoms with Gasteiger partial charge >= 0.3 is 0 Å². The topological polar surface area (TPSA) is 83.3 Å². The second kappa shape index (κ2) is 9.06. The first-order valence-corrected chi connectivity index (χ1v) is 10.7. The Kier molecular flexibility index (Phi) is 6.23. The highest BCUT2D eigenvalue weighted by Crippen LogP contribution is 2.49. The Bertz CT molecular complexity index is 944. The van der Waals surface area contributed by atoms with E-state index in [1.807, 2.05) is 29.2 Å². The van der Waals surface area contributed by atoms with E-state index in [1.54, 1.807) is 6.07 Å². The maximum Gasteiger partial charge on any atom is 0.258 e. The van der Waals surface area contributed by atoms with E-state index in [2.05, 4.69) is 0 Å². The van der Waals surface area contributed by atoms with E-state index in [1.165, 1.54) is 27.8 Å². The van der Waals surface area contributed by atoms with Gasteiger partial charge in [-0.15, -0.1) is 0 Å². The summed E-state index contributed by atoms with van der Waals surface area (Å²) in [6.45, 7) is 1.38. The van der Waals surface area contributed by atoms with E-state index in [-0.39, 0.29) is 5.91 Å². The fourth-order valence-electron chi connectivity index (χ4n) is 4.76. The van der Waals surface area contributed by atoms with Crippen molar-refractivity contribution in [2.75, 3.05) is 34.4 Å². The summed E-state index contributed by atoms with van der Waals surface area (Å²) >= 11 is 0. The summed E-state index contributed by atoms with van der Waals surface area (Å²) in [5.41, 5.74) is 7.18. The van der Waals surface area contributed by atoms with Crippen molar-refractivity contribution in [3.63, 3.8) is 0 Å². The summed E-state index contributed by atoms with van der Waals surface area (Å²) < 4.78 is 22.9. The van der Waals surface area contributed by atoms with Gasteiger partial charge in [0, 0.05) is 18.7 Å². The van der Waals surface area contributed by atoms with Crippen LogP contribution in [0.1, 0.15) is 35.2 Å². The van der Waals surface area contributed by atoms with Crippen molar-refractivity contribution < 1.29 is 23.7 Å². The molecule has 4 rings (SSSR count). The second-order valence-electron chi connectivity index (χ2n) is 8.10. The van der Waals surface area contributed by atoms with Gasteiger partial charge in [-0.2, -0.15) is 0 Å². The molecule has 2 bridgehead atoms. The quantitative estimate of drug-likeness (QED) is 0.694. The number of amides is 1. The van der Waals surface area contributed by atoms with E-state index < -0.39 is 0 Å². The number of nitrogens with two attached hydrogens (primary N) is 1. The maximum atomic E-state index is 13.5. The molecule has 2 N–H and O–H groups in total.